The second-order valence-corrected chi connectivity index (χ2v) is 6.65. The van der Waals surface area contributed by atoms with Crippen molar-refractivity contribution in [2.45, 2.75) is 63.8 Å². The lowest BCUT2D eigenvalue weighted by Gasteiger charge is -2.08. The molecule has 1 N–H and O–H groups in total. The van der Waals surface area contributed by atoms with Crippen molar-refractivity contribution in [3.63, 3.8) is 0 Å². The largest absolute Gasteiger partial charge is 0.314 e. The molecule has 0 radical (unpaired) electrons. The van der Waals surface area contributed by atoms with Crippen molar-refractivity contribution in [2.75, 3.05) is 6.54 Å². The number of rotatable bonds is 3. The average molecular weight is 250 g/mol. The summed E-state index contributed by atoms with van der Waals surface area (Å²) in [6, 6.07) is 0.713. The van der Waals surface area contributed by atoms with E-state index in [1.54, 1.807) is 0 Å². The summed E-state index contributed by atoms with van der Waals surface area (Å²) in [4.78, 5) is 6.36. The van der Waals surface area contributed by atoms with E-state index >= 15 is 0 Å². The Morgan fingerprint density at radius 2 is 2.06 bits per heavy atom. The highest BCUT2D eigenvalue weighted by atomic mass is 32.1. The molecule has 0 aromatic carbocycles. The van der Waals surface area contributed by atoms with Crippen LogP contribution in [0, 0.1) is 6.92 Å². The number of nitrogens with zero attached hydrogens (tertiary/aromatic N) is 1. The minimum Gasteiger partial charge on any atom is -0.314 e. The lowest BCUT2D eigenvalue weighted by atomic mass is 10.1. The van der Waals surface area contributed by atoms with Gasteiger partial charge in [0, 0.05) is 16.8 Å². The van der Waals surface area contributed by atoms with Crippen LogP contribution in [0.5, 0.6) is 0 Å². The monoisotopic (exact) mass is 250 g/mol. The minimum absolute atomic E-state index is 0.713. The molecule has 2 fully saturated rings. The SMILES string of the molecule is Cc1nc(C2CCCC2)sc1CC1CCCN1. The zero-order valence-corrected chi connectivity index (χ0v) is 11.5. The molecule has 0 spiro atoms. The molecular weight excluding hydrogens is 228 g/mol. The van der Waals surface area contributed by atoms with Gasteiger partial charge in [0.25, 0.3) is 0 Å². The number of aryl methyl sites for hydroxylation is 1. The van der Waals surface area contributed by atoms with Crippen molar-refractivity contribution < 1.29 is 0 Å². The van der Waals surface area contributed by atoms with E-state index in [4.69, 9.17) is 4.98 Å². The number of hydrogen-bond acceptors (Lipinski definition) is 3. The van der Waals surface area contributed by atoms with Crippen LogP contribution in [-0.4, -0.2) is 17.6 Å². The first-order valence-electron chi connectivity index (χ1n) is 7.02. The fraction of sp³-hybridized carbons (Fsp3) is 0.786. The topological polar surface area (TPSA) is 24.9 Å². The van der Waals surface area contributed by atoms with Gasteiger partial charge in [0.15, 0.2) is 0 Å². The molecular formula is C14H22N2S. The average Bonchev–Trinajstić information content (AvgIpc) is 3.02. The van der Waals surface area contributed by atoms with Crippen LogP contribution < -0.4 is 5.32 Å². The molecule has 0 amide bonds. The first-order valence-corrected chi connectivity index (χ1v) is 7.84. The maximum atomic E-state index is 4.83. The van der Waals surface area contributed by atoms with Gasteiger partial charge in [0.2, 0.25) is 0 Å². The van der Waals surface area contributed by atoms with E-state index < -0.39 is 0 Å². The lowest BCUT2D eigenvalue weighted by Crippen LogP contribution is -2.23. The van der Waals surface area contributed by atoms with Gasteiger partial charge >= 0.3 is 0 Å². The molecule has 2 aliphatic rings. The molecule has 1 atom stereocenters. The van der Waals surface area contributed by atoms with Gasteiger partial charge in [-0.05, 0) is 45.6 Å². The maximum absolute atomic E-state index is 4.83. The van der Waals surface area contributed by atoms with Crippen molar-refractivity contribution in [3.05, 3.63) is 15.6 Å². The quantitative estimate of drug-likeness (QED) is 0.889. The standard InChI is InChI=1S/C14H22N2S/c1-10-13(9-12-7-4-8-15-12)17-14(16-10)11-5-2-3-6-11/h11-12,15H,2-9H2,1H3. The third-order valence-corrected chi connectivity index (χ3v) is 5.55. The molecule has 1 saturated carbocycles. The van der Waals surface area contributed by atoms with E-state index in [1.165, 1.54) is 67.1 Å². The Morgan fingerprint density at radius 3 is 2.76 bits per heavy atom. The summed E-state index contributed by atoms with van der Waals surface area (Å²) in [5, 5.41) is 5.01. The first-order chi connectivity index (χ1) is 8.33. The van der Waals surface area contributed by atoms with Crippen LogP contribution in [0.3, 0.4) is 0 Å². The van der Waals surface area contributed by atoms with E-state index in [1.807, 2.05) is 11.3 Å². The smallest absolute Gasteiger partial charge is 0.0961 e. The molecule has 1 aromatic rings. The number of thiazole rings is 1. The molecule has 1 aliphatic carbocycles. The predicted molar refractivity (Wildman–Crippen MR) is 72.8 cm³/mol. The van der Waals surface area contributed by atoms with Crippen molar-refractivity contribution in [3.8, 4) is 0 Å². The molecule has 94 valence electrons. The third kappa shape index (κ3) is 2.55. The summed E-state index contributed by atoms with van der Waals surface area (Å²) in [5.74, 6) is 0.781. The summed E-state index contributed by atoms with van der Waals surface area (Å²) in [7, 11) is 0. The summed E-state index contributed by atoms with van der Waals surface area (Å²) in [5.41, 5.74) is 1.30. The van der Waals surface area contributed by atoms with E-state index in [-0.39, 0.29) is 0 Å². The van der Waals surface area contributed by atoms with Gasteiger partial charge in [-0.25, -0.2) is 4.98 Å². The van der Waals surface area contributed by atoms with Crippen molar-refractivity contribution in [2.24, 2.45) is 0 Å². The second kappa shape index (κ2) is 5.07. The highest BCUT2D eigenvalue weighted by molar-refractivity contribution is 7.11. The fourth-order valence-corrected chi connectivity index (χ4v) is 4.46. The number of hydrogen-bond donors (Lipinski definition) is 1. The number of aromatic nitrogens is 1. The van der Waals surface area contributed by atoms with Crippen molar-refractivity contribution >= 4 is 11.3 Å². The van der Waals surface area contributed by atoms with Crippen LogP contribution in [0.1, 0.15) is 60.0 Å². The Labute approximate surface area is 108 Å². The molecule has 3 rings (SSSR count). The van der Waals surface area contributed by atoms with Crippen LogP contribution >= 0.6 is 11.3 Å². The first kappa shape index (κ1) is 11.7. The van der Waals surface area contributed by atoms with Gasteiger partial charge in [-0.3, -0.25) is 0 Å². The van der Waals surface area contributed by atoms with Gasteiger partial charge in [-0.15, -0.1) is 11.3 Å². The Hall–Kier alpha value is -0.410. The molecule has 1 saturated heterocycles. The predicted octanol–water partition coefficient (Wildman–Crippen LogP) is 3.40. The van der Waals surface area contributed by atoms with Crippen LogP contribution in [-0.2, 0) is 6.42 Å². The second-order valence-electron chi connectivity index (χ2n) is 5.54. The Morgan fingerprint density at radius 1 is 1.24 bits per heavy atom. The van der Waals surface area contributed by atoms with E-state index in [2.05, 4.69) is 12.2 Å². The summed E-state index contributed by atoms with van der Waals surface area (Å²) < 4.78 is 0. The van der Waals surface area contributed by atoms with E-state index in [0.717, 1.165) is 5.92 Å². The van der Waals surface area contributed by atoms with Crippen LogP contribution in [0.2, 0.25) is 0 Å². The zero-order valence-electron chi connectivity index (χ0n) is 10.7. The summed E-state index contributed by atoms with van der Waals surface area (Å²) >= 11 is 1.99. The van der Waals surface area contributed by atoms with Crippen molar-refractivity contribution in [1.29, 1.82) is 0 Å². The van der Waals surface area contributed by atoms with E-state index in [0.29, 0.717) is 6.04 Å². The summed E-state index contributed by atoms with van der Waals surface area (Å²) in [6.07, 6.45) is 9.44. The van der Waals surface area contributed by atoms with Crippen molar-refractivity contribution in [1.82, 2.24) is 10.3 Å². The molecule has 2 heterocycles. The van der Waals surface area contributed by atoms with Gasteiger partial charge in [-0.1, -0.05) is 12.8 Å². The Bertz CT molecular complexity index is 374. The van der Waals surface area contributed by atoms with Crippen LogP contribution in [0.15, 0.2) is 0 Å². The van der Waals surface area contributed by atoms with Gasteiger partial charge in [0.05, 0.1) is 10.7 Å². The Kier molecular flexibility index (Phi) is 3.48. The highest BCUT2D eigenvalue weighted by Crippen LogP contribution is 2.37. The molecule has 2 nitrogen and oxygen atoms in total. The van der Waals surface area contributed by atoms with E-state index in [9.17, 15) is 0 Å². The Balaban J connectivity index is 1.71. The van der Waals surface area contributed by atoms with Gasteiger partial charge < -0.3 is 5.32 Å². The molecule has 0 bridgehead atoms. The molecule has 1 aromatic heterocycles. The highest BCUT2D eigenvalue weighted by Gasteiger charge is 2.23. The fourth-order valence-electron chi connectivity index (χ4n) is 3.14. The molecule has 17 heavy (non-hydrogen) atoms. The van der Waals surface area contributed by atoms with Gasteiger partial charge in [0.1, 0.15) is 0 Å². The molecule has 1 unspecified atom stereocenters. The normalized spacial score (nSPS) is 25.8. The maximum Gasteiger partial charge on any atom is 0.0961 e. The van der Waals surface area contributed by atoms with Crippen LogP contribution in [0.4, 0.5) is 0 Å². The zero-order chi connectivity index (χ0) is 11.7. The molecule has 3 heteroatoms. The minimum atomic E-state index is 0.713. The summed E-state index contributed by atoms with van der Waals surface area (Å²) in [6.45, 7) is 3.40. The lowest BCUT2D eigenvalue weighted by molar-refractivity contribution is 0.605. The third-order valence-electron chi connectivity index (χ3n) is 4.21. The molecule has 1 aliphatic heterocycles. The van der Waals surface area contributed by atoms with Gasteiger partial charge in [-0.2, -0.15) is 0 Å². The number of nitrogens with one attached hydrogen (secondary N) is 1. The van der Waals surface area contributed by atoms with Crippen LogP contribution in [0.25, 0.3) is 0 Å².